The molecule has 0 aliphatic heterocycles. The van der Waals surface area contributed by atoms with Crippen LogP contribution in [0.4, 0.5) is 13.2 Å². The van der Waals surface area contributed by atoms with Crippen molar-refractivity contribution in [2.24, 2.45) is 7.05 Å². The summed E-state index contributed by atoms with van der Waals surface area (Å²) in [6.07, 6.45) is -3.56. The van der Waals surface area contributed by atoms with Crippen LogP contribution < -0.4 is 5.32 Å². The summed E-state index contributed by atoms with van der Waals surface area (Å²) in [5, 5.41) is 11.9. The summed E-state index contributed by atoms with van der Waals surface area (Å²) in [6, 6.07) is 2.32. The van der Waals surface area contributed by atoms with Gasteiger partial charge in [0, 0.05) is 13.2 Å². The third-order valence-corrected chi connectivity index (χ3v) is 3.51. The molecule has 0 saturated carbocycles. The van der Waals surface area contributed by atoms with Crippen molar-refractivity contribution in [3.63, 3.8) is 0 Å². The molecule has 0 unspecified atom stereocenters. The first-order valence-corrected chi connectivity index (χ1v) is 6.47. The highest BCUT2D eigenvalue weighted by molar-refractivity contribution is 7.99. The van der Waals surface area contributed by atoms with Crippen LogP contribution in [-0.4, -0.2) is 26.8 Å². The highest BCUT2D eigenvalue weighted by Crippen LogP contribution is 2.30. The van der Waals surface area contributed by atoms with Crippen LogP contribution in [0.1, 0.15) is 11.4 Å². The van der Waals surface area contributed by atoms with Gasteiger partial charge in [-0.15, -0.1) is 10.2 Å². The second-order valence-electron chi connectivity index (χ2n) is 3.97. The Kier molecular flexibility index (Phi) is 4.29. The van der Waals surface area contributed by atoms with Gasteiger partial charge in [0.15, 0.2) is 5.16 Å². The minimum absolute atomic E-state index is 0.435. The first-order valence-electron chi connectivity index (χ1n) is 5.66. The molecule has 2 aromatic heterocycles. The van der Waals surface area contributed by atoms with E-state index >= 15 is 0 Å². The predicted octanol–water partition coefficient (Wildman–Crippen LogP) is 2.10. The molecule has 0 bridgehead atoms. The van der Waals surface area contributed by atoms with E-state index in [-0.39, 0.29) is 0 Å². The fraction of sp³-hybridized carbons (Fsp3) is 0.364. The molecule has 0 aromatic carbocycles. The van der Waals surface area contributed by atoms with E-state index in [0.29, 0.717) is 16.7 Å². The van der Waals surface area contributed by atoms with E-state index in [0.717, 1.165) is 29.8 Å². The Hall–Kier alpha value is -1.61. The van der Waals surface area contributed by atoms with E-state index in [1.807, 2.05) is 0 Å². The van der Waals surface area contributed by atoms with Crippen LogP contribution in [0.5, 0.6) is 0 Å². The van der Waals surface area contributed by atoms with Crippen LogP contribution in [0.25, 0.3) is 0 Å². The van der Waals surface area contributed by atoms with Crippen LogP contribution in [-0.2, 0) is 19.8 Å². The molecule has 9 heteroatoms. The largest absolute Gasteiger partial charge is 0.417 e. The van der Waals surface area contributed by atoms with Crippen molar-refractivity contribution < 1.29 is 13.2 Å². The van der Waals surface area contributed by atoms with Crippen LogP contribution >= 0.6 is 11.8 Å². The second kappa shape index (κ2) is 5.80. The van der Waals surface area contributed by atoms with Gasteiger partial charge in [-0.3, -0.25) is 0 Å². The maximum absolute atomic E-state index is 12.4. The van der Waals surface area contributed by atoms with Crippen molar-refractivity contribution >= 4 is 11.8 Å². The zero-order valence-electron chi connectivity index (χ0n) is 10.8. The van der Waals surface area contributed by atoms with Crippen LogP contribution in [0.2, 0.25) is 0 Å². The lowest BCUT2D eigenvalue weighted by atomic mass is 10.3. The standard InChI is InChI=1S/C11H12F3N5S/c1-15-6-8-17-18-10(19(8)2)20-9-4-3-7(5-16-9)11(12,13)14/h3-5,15H,6H2,1-2H3. The van der Waals surface area contributed by atoms with Crippen molar-refractivity contribution in [1.29, 1.82) is 0 Å². The van der Waals surface area contributed by atoms with Crippen LogP contribution in [0.15, 0.2) is 28.5 Å². The Morgan fingerprint density at radius 2 is 2.05 bits per heavy atom. The number of rotatable bonds is 4. The van der Waals surface area contributed by atoms with Gasteiger partial charge in [-0.25, -0.2) is 4.98 Å². The van der Waals surface area contributed by atoms with E-state index in [1.54, 1.807) is 18.7 Å². The van der Waals surface area contributed by atoms with Crippen molar-refractivity contribution in [2.75, 3.05) is 7.05 Å². The predicted molar refractivity (Wildman–Crippen MR) is 67.1 cm³/mol. The Balaban J connectivity index is 2.14. The Bertz CT molecular complexity index is 579. The number of alkyl halides is 3. The number of hydrogen-bond acceptors (Lipinski definition) is 5. The molecule has 108 valence electrons. The van der Waals surface area contributed by atoms with Gasteiger partial charge in [0.2, 0.25) is 0 Å². The summed E-state index contributed by atoms with van der Waals surface area (Å²) in [7, 11) is 3.58. The van der Waals surface area contributed by atoms with Crippen LogP contribution in [0, 0.1) is 0 Å². The monoisotopic (exact) mass is 303 g/mol. The minimum atomic E-state index is -4.37. The van der Waals surface area contributed by atoms with Gasteiger partial charge in [0.05, 0.1) is 12.1 Å². The molecule has 0 radical (unpaired) electrons. The third-order valence-electron chi connectivity index (χ3n) is 2.52. The molecule has 2 aromatic rings. The number of halogens is 3. The lowest BCUT2D eigenvalue weighted by molar-refractivity contribution is -0.137. The van der Waals surface area contributed by atoms with Crippen molar-refractivity contribution in [3.8, 4) is 0 Å². The summed E-state index contributed by atoms with van der Waals surface area (Å²) in [6.45, 7) is 0.560. The van der Waals surface area contributed by atoms with E-state index in [1.165, 1.54) is 6.07 Å². The van der Waals surface area contributed by atoms with Crippen molar-refractivity contribution in [2.45, 2.75) is 22.9 Å². The number of nitrogens with one attached hydrogen (secondary N) is 1. The summed E-state index contributed by atoms with van der Waals surface area (Å²) in [5.74, 6) is 0.738. The lowest BCUT2D eigenvalue weighted by Gasteiger charge is -2.06. The zero-order chi connectivity index (χ0) is 14.8. The number of pyridine rings is 1. The quantitative estimate of drug-likeness (QED) is 0.937. The highest BCUT2D eigenvalue weighted by atomic mass is 32.2. The minimum Gasteiger partial charge on any atom is -0.313 e. The molecule has 0 saturated heterocycles. The number of hydrogen-bond donors (Lipinski definition) is 1. The average Bonchev–Trinajstić information content (AvgIpc) is 2.72. The number of aromatic nitrogens is 4. The van der Waals surface area contributed by atoms with E-state index < -0.39 is 11.7 Å². The molecule has 2 rings (SSSR count). The van der Waals surface area contributed by atoms with Crippen molar-refractivity contribution in [3.05, 3.63) is 29.7 Å². The SMILES string of the molecule is CNCc1nnc(Sc2ccc(C(F)(F)F)cn2)n1C. The van der Waals surface area contributed by atoms with Gasteiger partial charge in [-0.05, 0) is 30.9 Å². The van der Waals surface area contributed by atoms with E-state index in [2.05, 4.69) is 20.5 Å². The number of nitrogens with zero attached hydrogens (tertiary/aromatic N) is 4. The second-order valence-corrected chi connectivity index (χ2v) is 4.96. The highest BCUT2D eigenvalue weighted by Gasteiger charge is 2.30. The smallest absolute Gasteiger partial charge is 0.313 e. The molecule has 0 aliphatic rings. The summed E-state index contributed by atoms with van der Waals surface area (Å²) >= 11 is 1.16. The van der Waals surface area contributed by atoms with Crippen LogP contribution in [0.3, 0.4) is 0 Å². The molecular formula is C11H12F3N5S. The first kappa shape index (κ1) is 14.8. The lowest BCUT2D eigenvalue weighted by Crippen LogP contribution is -2.10. The molecule has 0 spiro atoms. The summed E-state index contributed by atoms with van der Waals surface area (Å²) in [4.78, 5) is 3.78. The first-order chi connectivity index (χ1) is 9.41. The normalized spacial score (nSPS) is 11.8. The Labute approximate surface area is 117 Å². The fourth-order valence-corrected chi connectivity index (χ4v) is 2.20. The van der Waals surface area contributed by atoms with Gasteiger partial charge in [0.25, 0.3) is 0 Å². The molecule has 5 nitrogen and oxygen atoms in total. The summed E-state index contributed by atoms with van der Waals surface area (Å²) in [5.41, 5.74) is -0.768. The molecule has 1 N–H and O–H groups in total. The molecular weight excluding hydrogens is 291 g/mol. The maximum Gasteiger partial charge on any atom is 0.417 e. The molecule has 0 amide bonds. The topological polar surface area (TPSA) is 55.6 Å². The summed E-state index contributed by atoms with van der Waals surface area (Å²) < 4.78 is 39.0. The zero-order valence-corrected chi connectivity index (χ0v) is 11.6. The average molecular weight is 303 g/mol. The van der Waals surface area contributed by atoms with Gasteiger partial charge in [0.1, 0.15) is 10.9 Å². The Morgan fingerprint density at radius 1 is 1.30 bits per heavy atom. The fourth-order valence-electron chi connectivity index (χ4n) is 1.45. The molecule has 0 atom stereocenters. The van der Waals surface area contributed by atoms with E-state index in [9.17, 15) is 13.2 Å². The van der Waals surface area contributed by atoms with Gasteiger partial charge in [-0.1, -0.05) is 0 Å². The molecule has 20 heavy (non-hydrogen) atoms. The van der Waals surface area contributed by atoms with E-state index in [4.69, 9.17) is 0 Å². The molecule has 0 aliphatic carbocycles. The van der Waals surface area contributed by atoms with Gasteiger partial charge >= 0.3 is 6.18 Å². The van der Waals surface area contributed by atoms with Crippen molar-refractivity contribution in [1.82, 2.24) is 25.1 Å². The maximum atomic E-state index is 12.4. The molecule has 0 fully saturated rings. The molecule has 2 heterocycles. The Morgan fingerprint density at radius 3 is 2.60 bits per heavy atom. The van der Waals surface area contributed by atoms with Gasteiger partial charge < -0.3 is 9.88 Å². The van der Waals surface area contributed by atoms with Gasteiger partial charge in [-0.2, -0.15) is 13.2 Å². The third kappa shape index (κ3) is 3.28.